The Morgan fingerprint density at radius 1 is 1.00 bits per heavy atom. The number of hydrogen-bond acceptors (Lipinski definition) is 1. The molecule has 1 heterocycles. The fraction of sp³-hybridized carbons (Fsp3) is 0.423. The summed E-state index contributed by atoms with van der Waals surface area (Å²) in [5.74, 6) is -1.00. The molecule has 0 saturated carbocycles. The van der Waals surface area contributed by atoms with Crippen molar-refractivity contribution in [3.05, 3.63) is 59.5 Å². The van der Waals surface area contributed by atoms with Gasteiger partial charge in [0.1, 0.15) is 22.5 Å². The van der Waals surface area contributed by atoms with Gasteiger partial charge in [0.15, 0.2) is 0 Å². The zero-order valence-electron chi connectivity index (χ0n) is 20.8. The van der Waals surface area contributed by atoms with Crippen molar-refractivity contribution in [2.45, 2.75) is 65.4 Å². The monoisotopic (exact) mass is 530 g/mol. The maximum absolute atomic E-state index is 15.4. The molecule has 0 unspecified atom stereocenters. The summed E-state index contributed by atoms with van der Waals surface area (Å²) >= 11 is 0. The second-order valence-electron chi connectivity index (χ2n) is 10.8. The molecule has 3 aromatic rings. The van der Waals surface area contributed by atoms with Crippen LogP contribution in [0.3, 0.4) is 0 Å². The second-order valence-corrected chi connectivity index (χ2v) is 12.7. The molecule has 10 heteroatoms. The Hall–Kier alpha value is -2.62. The van der Waals surface area contributed by atoms with Crippen molar-refractivity contribution in [3.8, 4) is 11.1 Å². The second kappa shape index (κ2) is 9.68. The average Bonchev–Trinajstić information content (AvgIpc) is 3.04. The largest absolute Gasteiger partial charge is 0.417 e. The molecule has 0 fully saturated rings. The summed E-state index contributed by atoms with van der Waals surface area (Å²) in [5, 5.41) is 0.0509. The summed E-state index contributed by atoms with van der Waals surface area (Å²) in [7, 11) is -2.01. The highest BCUT2D eigenvalue weighted by Gasteiger charge is 2.34. The van der Waals surface area contributed by atoms with E-state index in [1.54, 1.807) is 25.3 Å². The fourth-order valence-electron chi connectivity index (χ4n) is 3.76. The van der Waals surface area contributed by atoms with E-state index in [-0.39, 0.29) is 33.0 Å². The lowest BCUT2D eigenvalue weighted by Crippen LogP contribution is -2.23. The van der Waals surface area contributed by atoms with Crippen LogP contribution >= 0.6 is 0 Å². The van der Waals surface area contributed by atoms with Gasteiger partial charge < -0.3 is 4.57 Å². The van der Waals surface area contributed by atoms with E-state index in [1.807, 2.05) is 20.8 Å². The van der Waals surface area contributed by atoms with Crippen molar-refractivity contribution in [1.29, 1.82) is 0 Å². The lowest BCUT2D eigenvalue weighted by molar-refractivity contribution is -0.137. The van der Waals surface area contributed by atoms with Crippen LogP contribution in [0.15, 0.2) is 47.0 Å². The molecule has 1 atom stereocenters. The molecule has 0 saturated heterocycles. The zero-order chi connectivity index (χ0) is 27.2. The normalized spacial score (nSPS) is 14.6. The molecule has 0 spiro atoms. The minimum Gasteiger partial charge on any atom is -0.346 e. The molecule has 0 radical (unpaired) electrons. The van der Waals surface area contributed by atoms with Crippen LogP contribution in [-0.4, -0.2) is 25.7 Å². The van der Waals surface area contributed by atoms with Crippen LogP contribution in [0.25, 0.3) is 22.0 Å². The van der Waals surface area contributed by atoms with Crippen molar-refractivity contribution in [2.75, 3.05) is 0 Å². The quantitative estimate of drug-likeness (QED) is 0.243. The summed E-state index contributed by atoms with van der Waals surface area (Å²) in [4.78, 5) is 0. The minimum atomic E-state index is -4.72. The van der Waals surface area contributed by atoms with Gasteiger partial charge in [-0.1, -0.05) is 39.0 Å². The van der Waals surface area contributed by atoms with E-state index in [9.17, 15) is 26.2 Å². The third-order valence-electron chi connectivity index (χ3n) is 5.33. The van der Waals surface area contributed by atoms with Crippen LogP contribution in [0, 0.1) is 11.2 Å². The highest BCUT2D eigenvalue weighted by atomic mass is 32.2. The number of fused-ring (bicyclic) bond motifs is 1. The Morgan fingerprint density at radius 3 is 2.14 bits per heavy atom. The molecule has 3 rings (SSSR count). The lowest BCUT2D eigenvalue weighted by atomic mass is 9.96. The molecule has 0 bridgehead atoms. The van der Waals surface area contributed by atoms with Crippen molar-refractivity contribution in [3.63, 3.8) is 0 Å². The first-order valence-electron chi connectivity index (χ1n) is 11.2. The summed E-state index contributed by atoms with van der Waals surface area (Å²) in [5.41, 5.74) is -2.62. The van der Waals surface area contributed by atoms with E-state index in [4.69, 9.17) is 0 Å². The average molecular weight is 531 g/mol. The van der Waals surface area contributed by atoms with Crippen LogP contribution in [-0.2, 0) is 23.7 Å². The van der Waals surface area contributed by atoms with E-state index in [2.05, 4.69) is 4.40 Å². The first-order valence-corrected chi connectivity index (χ1v) is 12.3. The van der Waals surface area contributed by atoms with Gasteiger partial charge in [0.05, 0.1) is 10.3 Å². The van der Waals surface area contributed by atoms with Gasteiger partial charge in [-0.05, 0) is 49.9 Å². The molecule has 0 aliphatic heterocycles. The summed E-state index contributed by atoms with van der Waals surface area (Å²) < 4.78 is 102. The molecular weight excluding hydrogens is 502 g/mol. The standard InChI is InChI=1S/C26H28F6N2OS/c1-24(2,3)14-34-13-18(22(23(28)29)33-36(35)25(4,5)6)17-11-20(27)16(12-21(17)34)15-9-7-8-10-19(15)26(30,31)32/h7-13,23H,14H2,1-6H3/t36-/m0/s1. The zero-order valence-corrected chi connectivity index (χ0v) is 21.6. The Labute approximate surface area is 208 Å². The van der Waals surface area contributed by atoms with Crippen molar-refractivity contribution in [1.82, 2.24) is 4.57 Å². The van der Waals surface area contributed by atoms with Crippen LogP contribution < -0.4 is 0 Å². The van der Waals surface area contributed by atoms with Crippen LogP contribution in [0.2, 0.25) is 0 Å². The maximum Gasteiger partial charge on any atom is 0.417 e. The third kappa shape index (κ3) is 6.02. The topological polar surface area (TPSA) is 34.4 Å². The molecule has 1 aromatic heterocycles. The van der Waals surface area contributed by atoms with Gasteiger partial charge in [-0.25, -0.2) is 17.4 Å². The first-order chi connectivity index (χ1) is 16.4. The molecule has 2 aromatic carbocycles. The van der Waals surface area contributed by atoms with E-state index in [0.29, 0.717) is 6.54 Å². The van der Waals surface area contributed by atoms with E-state index < -0.39 is 45.4 Å². The predicted molar refractivity (Wildman–Crippen MR) is 132 cm³/mol. The van der Waals surface area contributed by atoms with E-state index >= 15 is 4.39 Å². The van der Waals surface area contributed by atoms with Gasteiger partial charge in [0, 0.05) is 34.8 Å². The lowest BCUT2D eigenvalue weighted by Gasteiger charge is -2.20. The summed E-state index contributed by atoms with van der Waals surface area (Å²) in [6.07, 6.45) is -6.46. The number of aromatic nitrogens is 1. The van der Waals surface area contributed by atoms with Gasteiger partial charge in [0.25, 0.3) is 6.43 Å². The molecule has 0 N–H and O–H groups in total. The molecule has 0 aliphatic carbocycles. The Morgan fingerprint density at radius 2 is 1.61 bits per heavy atom. The van der Waals surface area contributed by atoms with E-state index in [1.165, 1.54) is 30.5 Å². The molecule has 196 valence electrons. The Kier molecular flexibility index (Phi) is 7.52. The van der Waals surface area contributed by atoms with Crippen molar-refractivity contribution < 1.29 is 30.6 Å². The Balaban J connectivity index is 2.36. The van der Waals surface area contributed by atoms with E-state index in [0.717, 1.165) is 12.1 Å². The molecule has 0 amide bonds. The molecule has 0 aliphatic rings. The summed E-state index contributed by atoms with van der Waals surface area (Å²) in [6.45, 7) is 10.8. The maximum atomic E-state index is 15.4. The van der Waals surface area contributed by atoms with Crippen molar-refractivity contribution in [2.24, 2.45) is 9.81 Å². The molecular formula is C26H28F6N2OS. The smallest absolute Gasteiger partial charge is 0.346 e. The van der Waals surface area contributed by atoms with Crippen LogP contribution in [0.1, 0.15) is 52.7 Å². The van der Waals surface area contributed by atoms with Crippen LogP contribution in [0.5, 0.6) is 0 Å². The minimum absolute atomic E-state index is 0.0509. The number of hydrogen-bond donors (Lipinski definition) is 0. The van der Waals surface area contributed by atoms with Gasteiger partial charge in [0.2, 0.25) is 0 Å². The Bertz CT molecular complexity index is 1330. The SMILES string of the molecule is CC(C)(C)Cn1cc(C(=N[S@@](=O)C(C)(C)C)C(F)F)c2cc(F)c(-c3ccccc3C(F)(F)F)cc21. The first kappa shape index (κ1) is 28.0. The van der Waals surface area contributed by atoms with Gasteiger partial charge in [-0.15, -0.1) is 0 Å². The third-order valence-corrected chi connectivity index (χ3v) is 6.74. The fourth-order valence-corrected chi connectivity index (χ4v) is 4.39. The highest BCUT2D eigenvalue weighted by Crippen LogP contribution is 2.40. The number of alkyl halides is 5. The van der Waals surface area contributed by atoms with Crippen LogP contribution in [0.4, 0.5) is 26.3 Å². The number of nitrogens with zero attached hydrogens (tertiary/aromatic N) is 2. The molecule has 3 nitrogen and oxygen atoms in total. The number of halogens is 6. The van der Waals surface area contributed by atoms with Gasteiger partial charge >= 0.3 is 6.18 Å². The number of rotatable bonds is 5. The number of benzene rings is 2. The summed E-state index contributed by atoms with van der Waals surface area (Å²) in [6, 6.07) is 6.81. The molecule has 36 heavy (non-hydrogen) atoms. The predicted octanol–water partition coefficient (Wildman–Crippen LogP) is 8.03. The van der Waals surface area contributed by atoms with Gasteiger partial charge in [-0.2, -0.15) is 17.6 Å². The van der Waals surface area contributed by atoms with Crippen molar-refractivity contribution >= 4 is 27.6 Å². The highest BCUT2D eigenvalue weighted by molar-refractivity contribution is 7.85. The van der Waals surface area contributed by atoms with Gasteiger partial charge in [-0.3, -0.25) is 0 Å².